The van der Waals surface area contributed by atoms with E-state index >= 15 is 0 Å². The Labute approximate surface area is 191 Å². The molecule has 0 spiro atoms. The average molecular weight is 435 g/mol. The molecule has 5 rings (SSSR count). The summed E-state index contributed by atoms with van der Waals surface area (Å²) in [6.45, 7) is 6.75. The molecule has 31 heavy (non-hydrogen) atoms. The molecule has 2 fully saturated rings. The summed E-state index contributed by atoms with van der Waals surface area (Å²) in [7, 11) is 0. The number of benzene rings is 2. The normalized spacial score (nSPS) is 22.2. The Balaban J connectivity index is 1.27. The fourth-order valence-corrected chi connectivity index (χ4v) is 5.95. The Kier molecular flexibility index (Phi) is 6.53. The Bertz CT molecular complexity index is 921. The first-order valence-electron chi connectivity index (χ1n) is 11.8. The van der Waals surface area contributed by atoms with Crippen molar-refractivity contribution in [2.24, 2.45) is 0 Å². The first-order valence-corrected chi connectivity index (χ1v) is 12.8. The molecule has 2 N–H and O–H groups in total. The lowest BCUT2D eigenvalue weighted by atomic mass is 10.1. The molecule has 2 aromatic carbocycles. The Morgan fingerprint density at radius 3 is 2.71 bits per heavy atom. The molecule has 0 amide bonds. The summed E-state index contributed by atoms with van der Waals surface area (Å²) >= 11 is 1.94. The summed E-state index contributed by atoms with van der Waals surface area (Å²) in [5, 5.41) is 7.19. The molecule has 4 nitrogen and oxygen atoms in total. The molecule has 0 radical (unpaired) electrons. The fourth-order valence-electron chi connectivity index (χ4n) is 4.95. The summed E-state index contributed by atoms with van der Waals surface area (Å²) in [6, 6.07) is 19.4. The van der Waals surface area contributed by atoms with Crippen molar-refractivity contribution in [3.05, 3.63) is 65.9 Å². The lowest BCUT2D eigenvalue weighted by Crippen LogP contribution is -2.39. The minimum Gasteiger partial charge on any atom is -0.369 e. The molecular weight excluding hydrogens is 400 g/mol. The predicted molar refractivity (Wildman–Crippen MR) is 135 cm³/mol. The van der Waals surface area contributed by atoms with Crippen molar-refractivity contribution in [1.82, 2.24) is 10.6 Å². The maximum Gasteiger partial charge on any atom is 0.0730 e. The van der Waals surface area contributed by atoms with E-state index in [9.17, 15) is 0 Å². The van der Waals surface area contributed by atoms with Crippen LogP contribution in [0.5, 0.6) is 0 Å². The number of anilines is 2. The lowest BCUT2D eigenvalue weighted by Gasteiger charge is -2.25. The molecule has 164 valence electrons. The van der Waals surface area contributed by atoms with E-state index in [1.54, 1.807) is 0 Å². The zero-order valence-corrected chi connectivity index (χ0v) is 19.3. The second-order valence-corrected chi connectivity index (χ2v) is 10.0. The largest absolute Gasteiger partial charge is 0.369 e. The number of nitrogens with zero attached hydrogens (tertiary/aromatic N) is 2. The molecule has 1 unspecified atom stereocenters. The molecule has 3 heterocycles. The van der Waals surface area contributed by atoms with Gasteiger partial charge in [-0.2, -0.15) is 0 Å². The van der Waals surface area contributed by atoms with Crippen LogP contribution in [0.3, 0.4) is 0 Å². The third-order valence-electron chi connectivity index (χ3n) is 6.82. The molecule has 0 aromatic heterocycles. The van der Waals surface area contributed by atoms with E-state index in [1.807, 2.05) is 11.8 Å². The summed E-state index contributed by atoms with van der Waals surface area (Å²) in [5.74, 6) is 0.978. The molecular formula is C26H34N4S. The van der Waals surface area contributed by atoms with Crippen LogP contribution < -0.4 is 20.4 Å². The number of hydrogen-bond acceptors (Lipinski definition) is 5. The minimum absolute atomic E-state index is 0.645. The zero-order valence-electron chi connectivity index (χ0n) is 18.5. The van der Waals surface area contributed by atoms with Crippen molar-refractivity contribution in [3.63, 3.8) is 0 Å². The van der Waals surface area contributed by atoms with Crippen LogP contribution in [0.4, 0.5) is 11.4 Å². The average Bonchev–Trinajstić information content (AvgIpc) is 3.48. The van der Waals surface area contributed by atoms with Gasteiger partial charge in [0.15, 0.2) is 0 Å². The third-order valence-corrected chi connectivity index (χ3v) is 7.88. The summed E-state index contributed by atoms with van der Waals surface area (Å²) < 4.78 is 0. The van der Waals surface area contributed by atoms with Gasteiger partial charge >= 0.3 is 0 Å². The number of rotatable bonds is 6. The van der Waals surface area contributed by atoms with Crippen LogP contribution >= 0.6 is 11.8 Å². The fraction of sp³-hybridized carbons (Fsp3) is 0.462. The number of nitrogens with one attached hydrogen (secondary N) is 2. The smallest absolute Gasteiger partial charge is 0.0730 e. The minimum atomic E-state index is 0.645. The SMILES string of the molecule is CC1CCCN1c1cccc(N2C=C(c3cccc(CNC4CCNCC4)c3)SC2)c1. The first kappa shape index (κ1) is 20.9. The van der Waals surface area contributed by atoms with Crippen LogP contribution in [0.25, 0.3) is 4.91 Å². The van der Waals surface area contributed by atoms with Gasteiger partial charge in [-0.1, -0.05) is 24.3 Å². The molecule has 3 aliphatic heterocycles. The molecule has 2 aromatic rings. The van der Waals surface area contributed by atoms with Crippen molar-refractivity contribution in [3.8, 4) is 0 Å². The van der Waals surface area contributed by atoms with E-state index in [0.29, 0.717) is 12.1 Å². The number of hydrogen-bond donors (Lipinski definition) is 2. The highest BCUT2D eigenvalue weighted by molar-refractivity contribution is 8.08. The van der Waals surface area contributed by atoms with Gasteiger partial charge in [0.25, 0.3) is 0 Å². The topological polar surface area (TPSA) is 30.5 Å². The maximum atomic E-state index is 3.75. The van der Waals surface area contributed by atoms with Gasteiger partial charge in [0.05, 0.1) is 5.88 Å². The van der Waals surface area contributed by atoms with E-state index in [4.69, 9.17) is 0 Å². The van der Waals surface area contributed by atoms with Gasteiger partial charge in [-0.3, -0.25) is 0 Å². The lowest BCUT2D eigenvalue weighted by molar-refractivity contribution is 0.386. The van der Waals surface area contributed by atoms with Crippen molar-refractivity contribution in [1.29, 1.82) is 0 Å². The highest BCUT2D eigenvalue weighted by Crippen LogP contribution is 2.38. The van der Waals surface area contributed by atoms with E-state index in [-0.39, 0.29) is 0 Å². The molecule has 2 saturated heterocycles. The third kappa shape index (κ3) is 4.94. The van der Waals surface area contributed by atoms with Gasteiger partial charge in [-0.05, 0) is 81.1 Å². The summed E-state index contributed by atoms with van der Waals surface area (Å²) in [4.78, 5) is 6.31. The van der Waals surface area contributed by atoms with Crippen LogP contribution in [0.15, 0.2) is 54.7 Å². The summed E-state index contributed by atoms with van der Waals surface area (Å²) in [6.07, 6.45) is 7.39. The van der Waals surface area contributed by atoms with Gasteiger partial charge in [-0.15, -0.1) is 11.8 Å². The van der Waals surface area contributed by atoms with Crippen molar-refractivity contribution in [2.45, 2.75) is 51.2 Å². The predicted octanol–water partition coefficient (Wildman–Crippen LogP) is 5.03. The molecule has 1 atom stereocenters. The Morgan fingerprint density at radius 1 is 1.03 bits per heavy atom. The van der Waals surface area contributed by atoms with Crippen molar-refractivity contribution >= 4 is 28.0 Å². The molecule has 0 bridgehead atoms. The monoisotopic (exact) mass is 434 g/mol. The Hall–Kier alpha value is -1.95. The standard InChI is InChI=1S/C26H34N4S/c1-20-5-4-14-30(20)25-9-3-8-24(16-25)29-18-26(31-19-29)22-7-2-6-21(15-22)17-28-23-10-12-27-13-11-23/h2-3,6-9,15-16,18,20,23,27-28H,4-5,10-14,17,19H2,1H3. The number of thioether (sulfide) groups is 1. The van der Waals surface area contributed by atoms with Crippen LogP contribution in [0.1, 0.15) is 43.7 Å². The quantitative estimate of drug-likeness (QED) is 0.666. The molecule has 0 saturated carbocycles. The highest BCUT2D eigenvalue weighted by Gasteiger charge is 2.22. The second-order valence-electron chi connectivity index (χ2n) is 9.05. The molecule has 0 aliphatic carbocycles. The van der Waals surface area contributed by atoms with Gasteiger partial charge in [0, 0.05) is 47.7 Å². The van der Waals surface area contributed by atoms with E-state index < -0.39 is 0 Å². The molecule has 3 aliphatic rings. The van der Waals surface area contributed by atoms with Gasteiger partial charge in [0.2, 0.25) is 0 Å². The van der Waals surface area contributed by atoms with Crippen LogP contribution in [-0.2, 0) is 6.54 Å². The summed E-state index contributed by atoms with van der Waals surface area (Å²) in [5.41, 5.74) is 5.37. The van der Waals surface area contributed by atoms with E-state index in [0.717, 1.165) is 25.5 Å². The highest BCUT2D eigenvalue weighted by atomic mass is 32.2. The van der Waals surface area contributed by atoms with Gasteiger partial charge < -0.3 is 20.4 Å². The van der Waals surface area contributed by atoms with E-state index in [1.165, 1.54) is 59.6 Å². The first-order chi connectivity index (χ1) is 15.3. The second kappa shape index (κ2) is 9.68. The van der Waals surface area contributed by atoms with Crippen LogP contribution in [0.2, 0.25) is 0 Å². The van der Waals surface area contributed by atoms with Gasteiger partial charge in [-0.25, -0.2) is 0 Å². The van der Waals surface area contributed by atoms with Crippen molar-refractivity contribution in [2.75, 3.05) is 35.3 Å². The number of piperidine rings is 1. The maximum absolute atomic E-state index is 3.75. The molecule has 5 heteroatoms. The zero-order chi connectivity index (χ0) is 21.0. The van der Waals surface area contributed by atoms with Gasteiger partial charge in [0.1, 0.15) is 0 Å². The Morgan fingerprint density at radius 2 is 1.87 bits per heavy atom. The van der Waals surface area contributed by atoms with Crippen LogP contribution in [0, 0.1) is 0 Å². The van der Waals surface area contributed by atoms with Crippen molar-refractivity contribution < 1.29 is 0 Å². The van der Waals surface area contributed by atoms with E-state index in [2.05, 4.69) is 82.1 Å². The van der Waals surface area contributed by atoms with Crippen LogP contribution in [-0.4, -0.2) is 37.6 Å².